The first-order chi connectivity index (χ1) is 25.7. The van der Waals surface area contributed by atoms with Crippen LogP contribution >= 0.6 is 0 Å². The molecule has 250 valence electrons. The zero-order chi connectivity index (χ0) is 34.0. The van der Waals surface area contributed by atoms with Gasteiger partial charge in [-0.1, -0.05) is 103 Å². The molecule has 12 rings (SSSR count). The number of benzene rings is 5. The molecule has 3 heterocycles. The van der Waals surface area contributed by atoms with Crippen LogP contribution in [0.15, 0.2) is 156 Å². The smallest absolute Gasteiger partial charge is 0.135 e. The van der Waals surface area contributed by atoms with E-state index in [9.17, 15) is 0 Å². The van der Waals surface area contributed by atoms with Crippen LogP contribution in [0.25, 0.3) is 55.6 Å². The SMILES string of the molecule is C1=CC(n2c3c(c4ccccc42)C2CC2(C2=CCC4C(=C2)c2ccccc2N4c2ccc(-c4ccc5oc6ccccc6c5c4)cc2)C=C3)CCC1. The van der Waals surface area contributed by atoms with Crippen molar-refractivity contribution in [1.82, 2.24) is 4.57 Å². The van der Waals surface area contributed by atoms with E-state index in [1.165, 1.54) is 92.3 Å². The average molecular weight is 671 g/mol. The first kappa shape index (κ1) is 28.8. The molecular weight excluding hydrogens is 633 g/mol. The Morgan fingerprint density at radius 2 is 1.56 bits per heavy atom. The topological polar surface area (TPSA) is 21.3 Å². The summed E-state index contributed by atoms with van der Waals surface area (Å²) in [7, 11) is 0. The number of hydrogen-bond acceptors (Lipinski definition) is 2. The van der Waals surface area contributed by atoms with Crippen molar-refractivity contribution in [2.75, 3.05) is 4.90 Å². The van der Waals surface area contributed by atoms with Gasteiger partial charge in [-0.2, -0.15) is 0 Å². The molecule has 0 bridgehead atoms. The third-order valence-corrected chi connectivity index (χ3v) is 12.9. The lowest BCUT2D eigenvalue weighted by molar-refractivity contribution is 0.526. The van der Waals surface area contributed by atoms with Gasteiger partial charge in [-0.15, -0.1) is 0 Å². The van der Waals surface area contributed by atoms with Crippen molar-refractivity contribution in [3.8, 4) is 11.1 Å². The monoisotopic (exact) mass is 670 g/mol. The fourth-order valence-electron chi connectivity index (χ4n) is 10.3. The summed E-state index contributed by atoms with van der Waals surface area (Å²) in [5, 5.41) is 3.78. The number of hydrogen-bond donors (Lipinski definition) is 0. The van der Waals surface area contributed by atoms with Crippen molar-refractivity contribution in [2.45, 2.75) is 50.1 Å². The van der Waals surface area contributed by atoms with E-state index in [0.29, 0.717) is 12.0 Å². The Labute approximate surface area is 303 Å². The highest BCUT2D eigenvalue weighted by Gasteiger charge is 2.58. The van der Waals surface area contributed by atoms with Crippen molar-refractivity contribution >= 4 is 55.9 Å². The number of anilines is 2. The van der Waals surface area contributed by atoms with Crippen LogP contribution in [-0.2, 0) is 0 Å². The number of fused-ring (bicyclic) bond motifs is 11. The van der Waals surface area contributed by atoms with Gasteiger partial charge in [0.1, 0.15) is 11.2 Å². The van der Waals surface area contributed by atoms with E-state index in [-0.39, 0.29) is 11.5 Å². The maximum atomic E-state index is 6.10. The number of rotatable bonds is 4. The molecule has 4 aliphatic carbocycles. The van der Waals surface area contributed by atoms with Gasteiger partial charge in [0.2, 0.25) is 0 Å². The van der Waals surface area contributed by atoms with Crippen LogP contribution in [0.5, 0.6) is 0 Å². The van der Waals surface area contributed by atoms with Crippen molar-refractivity contribution in [3.63, 3.8) is 0 Å². The summed E-state index contributed by atoms with van der Waals surface area (Å²) in [4.78, 5) is 2.58. The molecule has 3 nitrogen and oxygen atoms in total. The number of furan rings is 1. The van der Waals surface area contributed by atoms with Crippen LogP contribution in [0.2, 0.25) is 0 Å². The maximum absolute atomic E-state index is 6.10. The van der Waals surface area contributed by atoms with Crippen LogP contribution in [0, 0.1) is 5.41 Å². The summed E-state index contributed by atoms with van der Waals surface area (Å²) in [5.41, 5.74) is 15.7. The summed E-state index contributed by atoms with van der Waals surface area (Å²) >= 11 is 0. The Morgan fingerprint density at radius 3 is 2.46 bits per heavy atom. The van der Waals surface area contributed by atoms with E-state index >= 15 is 0 Å². The minimum absolute atomic E-state index is 0.0910. The highest BCUT2D eigenvalue weighted by Crippen LogP contribution is 2.70. The molecule has 1 aliphatic heterocycles. The van der Waals surface area contributed by atoms with Gasteiger partial charge in [0.05, 0.1) is 12.1 Å². The third kappa shape index (κ3) is 3.97. The Hall–Kier alpha value is -5.80. The first-order valence-electron chi connectivity index (χ1n) is 19.1. The Bertz CT molecular complexity index is 2750. The average Bonchev–Trinajstić information content (AvgIpc) is 3.53. The summed E-state index contributed by atoms with van der Waals surface area (Å²) in [6, 6.07) is 43.0. The number of allylic oxidation sites excluding steroid dienone is 5. The maximum Gasteiger partial charge on any atom is 0.135 e. The third-order valence-electron chi connectivity index (χ3n) is 12.9. The van der Waals surface area contributed by atoms with Gasteiger partial charge in [-0.3, -0.25) is 0 Å². The minimum atomic E-state index is 0.0910. The van der Waals surface area contributed by atoms with Crippen molar-refractivity contribution < 1.29 is 4.42 Å². The van der Waals surface area contributed by atoms with E-state index < -0.39 is 0 Å². The van der Waals surface area contributed by atoms with E-state index in [1.54, 1.807) is 5.56 Å². The Kier molecular flexibility index (Phi) is 5.89. The summed E-state index contributed by atoms with van der Waals surface area (Å²) < 4.78 is 8.75. The van der Waals surface area contributed by atoms with Gasteiger partial charge in [0.25, 0.3) is 0 Å². The standard InChI is InChI=1S/C49H38N2O/c1-2-10-34(11-3-1)51-43-16-8-5-14-38(43)48-41-30-49(41,27-26-45(48)51)33-21-24-44-39(29-33)36-12-4-7-15-42(36)50(44)35-22-18-31(19-23-35)32-20-25-47-40(28-32)37-13-6-9-17-46(37)52-47/h2,4-10,12-23,25-29,34,41,44H,1,3,11,24,30H2. The molecule has 7 aromatic rings. The van der Waals surface area contributed by atoms with Gasteiger partial charge < -0.3 is 13.9 Å². The fraction of sp³-hybridized carbons (Fsp3) is 0.184. The van der Waals surface area contributed by atoms with Crippen molar-refractivity contribution in [2.24, 2.45) is 5.41 Å². The van der Waals surface area contributed by atoms with Crippen molar-refractivity contribution in [1.29, 1.82) is 0 Å². The summed E-state index contributed by atoms with van der Waals surface area (Å²) in [6.45, 7) is 0. The molecule has 0 spiro atoms. The lowest BCUT2D eigenvalue weighted by Crippen LogP contribution is -2.28. The zero-order valence-corrected chi connectivity index (χ0v) is 29.0. The fourth-order valence-corrected chi connectivity index (χ4v) is 10.3. The molecule has 5 aliphatic rings. The van der Waals surface area contributed by atoms with Crippen LogP contribution < -0.4 is 4.90 Å². The molecule has 0 radical (unpaired) electrons. The van der Waals surface area contributed by atoms with Crippen LogP contribution in [-0.4, -0.2) is 10.6 Å². The lowest BCUT2D eigenvalue weighted by atomic mass is 9.80. The molecule has 4 atom stereocenters. The predicted molar refractivity (Wildman–Crippen MR) is 215 cm³/mol. The van der Waals surface area contributed by atoms with Crippen LogP contribution in [0.4, 0.5) is 11.4 Å². The van der Waals surface area contributed by atoms with Gasteiger partial charge in [0, 0.05) is 55.6 Å². The number of aromatic nitrogens is 1. The van der Waals surface area contributed by atoms with E-state index in [1.807, 2.05) is 12.1 Å². The van der Waals surface area contributed by atoms with Crippen molar-refractivity contribution in [3.05, 3.63) is 168 Å². The molecule has 0 N–H and O–H groups in total. The molecule has 0 amide bonds. The molecule has 52 heavy (non-hydrogen) atoms. The second-order valence-corrected chi connectivity index (χ2v) is 15.5. The highest BCUT2D eigenvalue weighted by atomic mass is 16.3. The molecule has 4 unspecified atom stereocenters. The van der Waals surface area contributed by atoms with Gasteiger partial charge in [0.15, 0.2) is 0 Å². The summed E-state index contributed by atoms with van der Waals surface area (Å²) in [5.74, 6) is 0.533. The van der Waals surface area contributed by atoms with E-state index in [4.69, 9.17) is 4.42 Å². The molecule has 3 heteroatoms. The van der Waals surface area contributed by atoms with Gasteiger partial charge in [-0.05, 0) is 108 Å². The Morgan fingerprint density at radius 1 is 0.750 bits per heavy atom. The molecule has 5 aromatic carbocycles. The highest BCUT2D eigenvalue weighted by molar-refractivity contribution is 6.06. The minimum Gasteiger partial charge on any atom is -0.456 e. The number of para-hydroxylation sites is 3. The largest absolute Gasteiger partial charge is 0.456 e. The van der Waals surface area contributed by atoms with Gasteiger partial charge >= 0.3 is 0 Å². The zero-order valence-electron chi connectivity index (χ0n) is 29.0. The normalized spacial score (nSPS) is 24.1. The Balaban J connectivity index is 0.883. The second-order valence-electron chi connectivity index (χ2n) is 15.5. The molecule has 0 saturated heterocycles. The molecule has 1 saturated carbocycles. The van der Waals surface area contributed by atoms with Crippen LogP contribution in [0.3, 0.4) is 0 Å². The second kappa shape index (κ2) is 10.6. The first-order valence-corrected chi connectivity index (χ1v) is 19.1. The molecular formula is C49H38N2O. The van der Waals surface area contributed by atoms with Gasteiger partial charge in [-0.25, -0.2) is 0 Å². The molecule has 1 fully saturated rings. The molecule has 2 aromatic heterocycles. The predicted octanol–water partition coefficient (Wildman–Crippen LogP) is 12.9. The summed E-state index contributed by atoms with van der Waals surface area (Å²) in [6.07, 6.45) is 20.9. The van der Waals surface area contributed by atoms with E-state index in [0.717, 1.165) is 17.6 Å². The van der Waals surface area contributed by atoms with E-state index in [2.05, 4.69) is 149 Å². The quantitative estimate of drug-likeness (QED) is 0.174. The number of nitrogens with zero attached hydrogens (tertiary/aromatic N) is 2. The van der Waals surface area contributed by atoms with Crippen LogP contribution in [0.1, 0.15) is 60.9 Å². The lowest BCUT2D eigenvalue weighted by Gasteiger charge is -2.31.